The second-order valence-electron chi connectivity index (χ2n) is 7.89. The fourth-order valence-corrected chi connectivity index (χ4v) is 6.19. The summed E-state index contributed by atoms with van der Waals surface area (Å²) in [6.45, 7) is 0.857. The molecule has 3 amide bonds. The zero-order valence-corrected chi connectivity index (χ0v) is 17.2. The van der Waals surface area contributed by atoms with Crippen LogP contribution in [0.5, 0.6) is 5.75 Å². The molecule has 1 aromatic rings. The summed E-state index contributed by atoms with van der Waals surface area (Å²) in [6.07, 6.45) is 5.72. The van der Waals surface area contributed by atoms with Crippen molar-refractivity contribution < 1.29 is 14.3 Å². The Labute approximate surface area is 170 Å². The van der Waals surface area contributed by atoms with Crippen LogP contribution < -0.4 is 15.4 Å². The monoisotopic (exact) mass is 403 g/mol. The second-order valence-corrected chi connectivity index (χ2v) is 9.16. The Morgan fingerprint density at radius 1 is 1.25 bits per heavy atom. The number of benzene rings is 1. The maximum absolute atomic E-state index is 12.8. The van der Waals surface area contributed by atoms with E-state index in [1.54, 1.807) is 7.11 Å². The zero-order valence-electron chi connectivity index (χ0n) is 16.4. The molecule has 4 atom stereocenters. The molecule has 0 aliphatic carbocycles. The van der Waals surface area contributed by atoms with Gasteiger partial charge >= 0.3 is 6.03 Å². The summed E-state index contributed by atoms with van der Waals surface area (Å²) in [5, 5.41) is 6.49. The average molecular weight is 404 g/mol. The molecule has 152 valence electrons. The van der Waals surface area contributed by atoms with Crippen LogP contribution in [-0.2, 0) is 4.79 Å². The predicted molar refractivity (Wildman–Crippen MR) is 111 cm³/mol. The van der Waals surface area contributed by atoms with Gasteiger partial charge in [-0.05, 0) is 43.4 Å². The van der Waals surface area contributed by atoms with E-state index in [1.807, 2.05) is 23.9 Å². The molecule has 0 saturated carbocycles. The summed E-state index contributed by atoms with van der Waals surface area (Å²) < 4.78 is 5.24. The Kier molecular flexibility index (Phi) is 5.99. The molecule has 4 unspecified atom stereocenters. The van der Waals surface area contributed by atoms with Crippen molar-refractivity contribution >= 4 is 23.7 Å². The fraction of sp³-hybridized carbons (Fsp3) is 0.619. The number of methoxy groups -OCH3 is 1. The molecule has 3 aliphatic rings. The van der Waals surface area contributed by atoms with Crippen molar-refractivity contribution in [2.45, 2.75) is 61.9 Å². The van der Waals surface area contributed by atoms with E-state index in [0.717, 1.165) is 50.2 Å². The average Bonchev–Trinajstić information content (AvgIpc) is 3.41. The fourth-order valence-electron chi connectivity index (χ4n) is 4.65. The predicted octanol–water partition coefficient (Wildman–Crippen LogP) is 3.08. The molecular weight excluding hydrogens is 374 g/mol. The van der Waals surface area contributed by atoms with Crippen LogP contribution in [0.4, 0.5) is 4.79 Å². The highest BCUT2D eigenvalue weighted by molar-refractivity contribution is 8.00. The van der Waals surface area contributed by atoms with Crippen molar-refractivity contribution in [2.24, 2.45) is 0 Å². The quantitative estimate of drug-likeness (QED) is 0.542. The van der Waals surface area contributed by atoms with E-state index in [2.05, 4.69) is 27.7 Å². The highest BCUT2D eigenvalue weighted by atomic mass is 32.2. The van der Waals surface area contributed by atoms with Crippen LogP contribution >= 0.6 is 11.8 Å². The van der Waals surface area contributed by atoms with Crippen molar-refractivity contribution in [1.82, 2.24) is 15.5 Å². The summed E-state index contributed by atoms with van der Waals surface area (Å²) in [7, 11) is 1.67. The van der Waals surface area contributed by atoms with Gasteiger partial charge in [-0.15, -0.1) is 0 Å². The number of likely N-dealkylation sites (tertiary alicyclic amines) is 1. The Morgan fingerprint density at radius 3 is 2.86 bits per heavy atom. The number of carbonyl (C=O) groups excluding carboxylic acids is 2. The summed E-state index contributed by atoms with van der Waals surface area (Å²) in [5.41, 5.74) is 1.20. The number of nitrogens with one attached hydrogen (secondary N) is 2. The van der Waals surface area contributed by atoms with Gasteiger partial charge in [-0.25, -0.2) is 4.79 Å². The number of thioether (sulfide) groups is 1. The van der Waals surface area contributed by atoms with Crippen LogP contribution in [0.3, 0.4) is 0 Å². The molecule has 3 fully saturated rings. The number of hydrogen-bond acceptors (Lipinski definition) is 4. The minimum absolute atomic E-state index is 0.0333. The molecule has 0 spiro atoms. The molecule has 4 rings (SSSR count). The molecular formula is C21H29N3O3S. The number of carbonyl (C=O) groups is 2. The van der Waals surface area contributed by atoms with E-state index in [4.69, 9.17) is 4.74 Å². The molecule has 0 radical (unpaired) electrons. The van der Waals surface area contributed by atoms with Crippen molar-refractivity contribution in [3.8, 4) is 5.75 Å². The molecule has 2 N–H and O–H groups in total. The Hall–Kier alpha value is -1.89. The van der Waals surface area contributed by atoms with Crippen molar-refractivity contribution in [3.05, 3.63) is 29.8 Å². The van der Waals surface area contributed by atoms with E-state index in [0.29, 0.717) is 11.7 Å². The molecule has 3 saturated heterocycles. The van der Waals surface area contributed by atoms with Gasteiger partial charge in [0.1, 0.15) is 5.75 Å². The van der Waals surface area contributed by atoms with Crippen LogP contribution in [0.1, 0.15) is 50.1 Å². The summed E-state index contributed by atoms with van der Waals surface area (Å²) in [6, 6.07) is 8.79. The van der Waals surface area contributed by atoms with Crippen molar-refractivity contribution in [1.29, 1.82) is 0 Å². The number of ether oxygens (including phenoxy) is 1. The molecule has 3 aliphatic heterocycles. The van der Waals surface area contributed by atoms with Gasteiger partial charge in [0.15, 0.2) is 0 Å². The maximum Gasteiger partial charge on any atom is 0.315 e. The maximum atomic E-state index is 12.8. The van der Waals surface area contributed by atoms with E-state index in [1.165, 1.54) is 5.56 Å². The highest BCUT2D eigenvalue weighted by Crippen LogP contribution is 2.35. The minimum Gasteiger partial charge on any atom is -0.497 e. The Balaban J connectivity index is 1.23. The molecule has 3 heterocycles. The Bertz CT molecular complexity index is 711. The standard InChI is InChI=1S/C21H29N3O3S/c1-27-15-10-8-14(9-11-15)17-5-4-12-24(17)19(25)7-3-2-6-18-20-16(13-28-18)22-21(26)23-20/h8-11,16-18,20H,2-7,12-13H2,1H3,(H2,22,23,26). The van der Waals surface area contributed by atoms with Crippen LogP contribution in [-0.4, -0.2) is 53.6 Å². The van der Waals surface area contributed by atoms with Crippen LogP contribution in [0.25, 0.3) is 0 Å². The molecule has 6 nitrogen and oxygen atoms in total. The SMILES string of the molecule is COc1ccc(C2CCCN2C(=O)CCCCC2SCC3NC(=O)NC32)cc1. The van der Waals surface area contributed by atoms with Crippen molar-refractivity contribution in [2.75, 3.05) is 19.4 Å². The van der Waals surface area contributed by atoms with Gasteiger partial charge in [-0.2, -0.15) is 11.8 Å². The number of amides is 3. The summed E-state index contributed by atoms with van der Waals surface area (Å²) in [5.74, 6) is 2.11. The van der Waals surface area contributed by atoms with Crippen molar-refractivity contribution in [3.63, 3.8) is 0 Å². The van der Waals surface area contributed by atoms with E-state index in [-0.39, 0.29) is 30.1 Å². The number of fused-ring (bicyclic) bond motifs is 1. The summed E-state index contributed by atoms with van der Waals surface area (Å²) >= 11 is 1.94. The van der Waals surface area contributed by atoms with Gasteiger partial charge < -0.3 is 20.3 Å². The van der Waals surface area contributed by atoms with Gasteiger partial charge in [-0.1, -0.05) is 18.6 Å². The van der Waals surface area contributed by atoms with Crippen LogP contribution in [0, 0.1) is 0 Å². The lowest BCUT2D eigenvalue weighted by atomic mass is 10.0. The third-order valence-electron chi connectivity index (χ3n) is 6.14. The molecule has 28 heavy (non-hydrogen) atoms. The van der Waals surface area contributed by atoms with Gasteiger partial charge in [0, 0.05) is 24.0 Å². The normalized spacial score (nSPS) is 28.8. The zero-order chi connectivity index (χ0) is 19.5. The molecule has 0 bridgehead atoms. The third kappa shape index (κ3) is 4.09. The minimum atomic E-state index is -0.0333. The second kappa shape index (κ2) is 8.64. The van der Waals surface area contributed by atoms with Gasteiger partial charge in [0.25, 0.3) is 0 Å². The number of urea groups is 1. The lowest BCUT2D eigenvalue weighted by Gasteiger charge is -2.25. The number of rotatable bonds is 7. The molecule has 0 aromatic heterocycles. The van der Waals surface area contributed by atoms with E-state index >= 15 is 0 Å². The largest absolute Gasteiger partial charge is 0.497 e. The van der Waals surface area contributed by atoms with Crippen LogP contribution in [0.2, 0.25) is 0 Å². The smallest absolute Gasteiger partial charge is 0.315 e. The third-order valence-corrected chi connectivity index (χ3v) is 7.65. The first-order valence-electron chi connectivity index (χ1n) is 10.3. The number of hydrogen-bond donors (Lipinski definition) is 2. The lowest BCUT2D eigenvalue weighted by molar-refractivity contribution is -0.132. The highest BCUT2D eigenvalue weighted by Gasteiger charge is 2.42. The lowest BCUT2D eigenvalue weighted by Crippen LogP contribution is -2.36. The first-order chi connectivity index (χ1) is 13.7. The number of unbranched alkanes of at least 4 members (excludes halogenated alkanes) is 1. The van der Waals surface area contributed by atoms with Gasteiger partial charge in [-0.3, -0.25) is 4.79 Å². The van der Waals surface area contributed by atoms with E-state index in [9.17, 15) is 9.59 Å². The molecule has 1 aromatic carbocycles. The first-order valence-corrected chi connectivity index (χ1v) is 11.3. The topological polar surface area (TPSA) is 70.7 Å². The van der Waals surface area contributed by atoms with Crippen LogP contribution in [0.15, 0.2) is 24.3 Å². The number of nitrogens with zero attached hydrogens (tertiary/aromatic N) is 1. The van der Waals surface area contributed by atoms with Gasteiger partial charge in [0.05, 0.1) is 25.2 Å². The van der Waals surface area contributed by atoms with Gasteiger partial charge in [0.2, 0.25) is 5.91 Å². The molecule has 7 heteroatoms. The Morgan fingerprint density at radius 2 is 2.07 bits per heavy atom. The van der Waals surface area contributed by atoms with E-state index < -0.39 is 0 Å². The first kappa shape index (κ1) is 19.4. The summed E-state index contributed by atoms with van der Waals surface area (Å²) in [4.78, 5) is 26.3.